The van der Waals surface area contributed by atoms with Gasteiger partial charge in [0, 0.05) is 44.0 Å². The number of nitro benzene ring substituents is 1. The van der Waals surface area contributed by atoms with E-state index in [4.69, 9.17) is 21.1 Å². The number of hydrogen-bond acceptors (Lipinski definition) is 7. The van der Waals surface area contributed by atoms with E-state index in [1.54, 1.807) is 36.1 Å². The zero-order chi connectivity index (χ0) is 27.8. The van der Waals surface area contributed by atoms with Crippen molar-refractivity contribution in [3.63, 3.8) is 0 Å². The molecule has 1 aliphatic rings. The van der Waals surface area contributed by atoms with E-state index in [2.05, 4.69) is 4.90 Å². The molecule has 1 aliphatic heterocycles. The predicted molar refractivity (Wildman–Crippen MR) is 149 cm³/mol. The minimum atomic E-state index is -0.472. The molecular formula is C29H27ClN4O5. The quantitative estimate of drug-likeness (QED) is 0.151. The lowest BCUT2D eigenvalue weighted by Gasteiger charge is -2.36. The molecular weight excluding hydrogens is 520 g/mol. The molecule has 0 spiro atoms. The molecule has 200 valence electrons. The summed E-state index contributed by atoms with van der Waals surface area (Å²) in [4.78, 5) is 27.6. The van der Waals surface area contributed by atoms with Crippen LogP contribution in [0, 0.1) is 21.4 Å². The van der Waals surface area contributed by atoms with Crippen molar-refractivity contribution in [3.8, 4) is 17.6 Å². The fourth-order valence-electron chi connectivity index (χ4n) is 4.27. The van der Waals surface area contributed by atoms with E-state index in [0.29, 0.717) is 49.7 Å². The summed E-state index contributed by atoms with van der Waals surface area (Å²) in [6.07, 6.45) is 1.49. The van der Waals surface area contributed by atoms with Crippen LogP contribution in [-0.4, -0.2) is 48.5 Å². The van der Waals surface area contributed by atoms with E-state index in [-0.39, 0.29) is 34.5 Å². The van der Waals surface area contributed by atoms with Crippen LogP contribution in [0.5, 0.6) is 11.5 Å². The second kappa shape index (κ2) is 12.8. The zero-order valence-electron chi connectivity index (χ0n) is 21.4. The summed E-state index contributed by atoms with van der Waals surface area (Å²) >= 11 is 6.52. The standard InChI is InChI=1S/C29H27ClN4O5/c1-2-38-27-18-22(17-26(30)28(27)39-20-21-7-6-10-25(16-21)34(36)37)15-23(19-31)29(35)33-13-11-32(12-14-33)24-8-4-3-5-9-24/h3-10,15-18H,2,11-14,20H2,1H3/b23-15-. The number of anilines is 1. The van der Waals surface area contributed by atoms with Crippen molar-refractivity contribution >= 4 is 35.0 Å². The molecule has 0 N–H and O–H groups in total. The van der Waals surface area contributed by atoms with Crippen LogP contribution in [0.3, 0.4) is 0 Å². The largest absolute Gasteiger partial charge is 0.490 e. The maximum absolute atomic E-state index is 13.2. The first kappa shape index (κ1) is 27.5. The lowest BCUT2D eigenvalue weighted by Crippen LogP contribution is -2.49. The molecule has 39 heavy (non-hydrogen) atoms. The Balaban J connectivity index is 1.49. The number of para-hydroxylation sites is 1. The topological polar surface area (TPSA) is 109 Å². The summed E-state index contributed by atoms with van der Waals surface area (Å²) in [5.41, 5.74) is 2.16. The van der Waals surface area contributed by atoms with Crippen molar-refractivity contribution in [1.82, 2.24) is 4.90 Å². The number of hydrogen-bond donors (Lipinski definition) is 0. The molecule has 1 heterocycles. The Bertz CT molecular complexity index is 1410. The van der Waals surface area contributed by atoms with Gasteiger partial charge in [-0.2, -0.15) is 5.26 Å². The Hall–Kier alpha value is -4.55. The van der Waals surface area contributed by atoms with Gasteiger partial charge in [0.15, 0.2) is 11.5 Å². The Morgan fingerprint density at radius 3 is 2.49 bits per heavy atom. The molecule has 0 unspecified atom stereocenters. The number of carbonyl (C=O) groups is 1. The smallest absolute Gasteiger partial charge is 0.269 e. The highest BCUT2D eigenvalue weighted by atomic mass is 35.5. The maximum Gasteiger partial charge on any atom is 0.269 e. The predicted octanol–water partition coefficient (Wildman–Crippen LogP) is 5.48. The lowest BCUT2D eigenvalue weighted by atomic mass is 10.1. The van der Waals surface area contributed by atoms with E-state index in [1.807, 2.05) is 36.4 Å². The van der Waals surface area contributed by atoms with E-state index in [1.165, 1.54) is 18.2 Å². The maximum atomic E-state index is 13.2. The van der Waals surface area contributed by atoms with Crippen molar-refractivity contribution in [3.05, 3.63) is 98.6 Å². The van der Waals surface area contributed by atoms with Crippen LogP contribution in [0.15, 0.2) is 72.3 Å². The molecule has 0 saturated carbocycles. The number of amides is 1. The van der Waals surface area contributed by atoms with E-state index in [0.717, 1.165) is 5.69 Å². The third-order valence-corrected chi connectivity index (χ3v) is 6.47. The van der Waals surface area contributed by atoms with Crippen molar-refractivity contribution in [2.24, 2.45) is 0 Å². The van der Waals surface area contributed by atoms with Crippen LogP contribution in [-0.2, 0) is 11.4 Å². The minimum Gasteiger partial charge on any atom is -0.490 e. The summed E-state index contributed by atoms with van der Waals surface area (Å²) in [5, 5.41) is 21.1. The van der Waals surface area contributed by atoms with Crippen LogP contribution in [0.4, 0.5) is 11.4 Å². The highest BCUT2D eigenvalue weighted by Crippen LogP contribution is 2.38. The van der Waals surface area contributed by atoms with Crippen LogP contribution >= 0.6 is 11.6 Å². The van der Waals surface area contributed by atoms with Gasteiger partial charge in [-0.15, -0.1) is 0 Å². The lowest BCUT2D eigenvalue weighted by molar-refractivity contribution is -0.384. The van der Waals surface area contributed by atoms with Crippen LogP contribution in [0.25, 0.3) is 6.08 Å². The third kappa shape index (κ3) is 6.86. The number of rotatable bonds is 9. The molecule has 3 aromatic carbocycles. The normalized spacial score (nSPS) is 13.5. The molecule has 0 radical (unpaired) electrons. The van der Waals surface area contributed by atoms with E-state index >= 15 is 0 Å². The van der Waals surface area contributed by atoms with Gasteiger partial charge in [-0.1, -0.05) is 41.9 Å². The Kier molecular flexibility index (Phi) is 9.02. The fraction of sp³-hybridized carbons (Fsp3) is 0.241. The van der Waals surface area contributed by atoms with Crippen molar-refractivity contribution in [2.75, 3.05) is 37.7 Å². The van der Waals surface area contributed by atoms with Gasteiger partial charge < -0.3 is 19.3 Å². The molecule has 1 saturated heterocycles. The van der Waals surface area contributed by atoms with Gasteiger partial charge in [0.05, 0.1) is 16.6 Å². The molecule has 1 amide bonds. The number of carbonyl (C=O) groups excluding carboxylic acids is 1. The second-order valence-corrected chi connectivity index (χ2v) is 9.17. The summed E-state index contributed by atoms with van der Waals surface area (Å²) in [6, 6.07) is 21.4. The Morgan fingerprint density at radius 2 is 1.82 bits per heavy atom. The SMILES string of the molecule is CCOc1cc(/C=C(/C#N)C(=O)N2CCN(c3ccccc3)CC2)cc(Cl)c1OCc1cccc([N+](=O)[O-])c1. The van der Waals surface area contributed by atoms with Gasteiger partial charge >= 0.3 is 0 Å². The first-order chi connectivity index (χ1) is 18.9. The monoisotopic (exact) mass is 546 g/mol. The summed E-state index contributed by atoms with van der Waals surface area (Å²) in [5.74, 6) is 0.261. The zero-order valence-corrected chi connectivity index (χ0v) is 22.1. The number of halogens is 1. The van der Waals surface area contributed by atoms with Gasteiger partial charge in [0.2, 0.25) is 0 Å². The summed E-state index contributed by atoms with van der Waals surface area (Å²) in [7, 11) is 0. The van der Waals surface area contributed by atoms with Crippen molar-refractivity contribution < 1.29 is 19.2 Å². The van der Waals surface area contributed by atoms with Crippen LogP contribution in [0.2, 0.25) is 5.02 Å². The summed E-state index contributed by atoms with van der Waals surface area (Å²) < 4.78 is 11.6. The molecule has 10 heteroatoms. The summed E-state index contributed by atoms with van der Waals surface area (Å²) in [6.45, 7) is 4.51. The number of non-ortho nitro benzene ring substituents is 1. The van der Waals surface area contributed by atoms with Crippen LogP contribution in [0.1, 0.15) is 18.1 Å². The fourth-order valence-corrected chi connectivity index (χ4v) is 4.55. The number of benzene rings is 3. The van der Waals surface area contributed by atoms with E-state index < -0.39 is 4.92 Å². The molecule has 0 aromatic heterocycles. The highest BCUT2D eigenvalue weighted by molar-refractivity contribution is 6.32. The van der Waals surface area contributed by atoms with Gasteiger partial charge in [-0.05, 0) is 48.4 Å². The third-order valence-electron chi connectivity index (χ3n) is 6.19. The molecule has 0 aliphatic carbocycles. The Labute approximate surface area is 231 Å². The Morgan fingerprint density at radius 1 is 1.08 bits per heavy atom. The first-order valence-electron chi connectivity index (χ1n) is 12.4. The second-order valence-electron chi connectivity index (χ2n) is 8.76. The van der Waals surface area contributed by atoms with Gasteiger partial charge in [0.1, 0.15) is 18.2 Å². The number of ether oxygens (including phenoxy) is 2. The van der Waals surface area contributed by atoms with Gasteiger partial charge in [-0.3, -0.25) is 14.9 Å². The highest BCUT2D eigenvalue weighted by Gasteiger charge is 2.24. The molecule has 0 bridgehead atoms. The minimum absolute atomic E-state index is 0.00746. The number of nitrogens with zero attached hydrogens (tertiary/aromatic N) is 4. The number of piperazine rings is 1. The number of nitro groups is 1. The van der Waals surface area contributed by atoms with Crippen molar-refractivity contribution in [1.29, 1.82) is 5.26 Å². The molecule has 0 atom stereocenters. The molecule has 9 nitrogen and oxygen atoms in total. The first-order valence-corrected chi connectivity index (χ1v) is 12.8. The average molecular weight is 547 g/mol. The van der Waals surface area contributed by atoms with E-state index in [9.17, 15) is 20.2 Å². The molecule has 1 fully saturated rings. The average Bonchev–Trinajstić information content (AvgIpc) is 2.96. The van der Waals surface area contributed by atoms with Crippen LogP contribution < -0.4 is 14.4 Å². The molecule has 3 aromatic rings. The van der Waals surface area contributed by atoms with Gasteiger partial charge in [0.25, 0.3) is 11.6 Å². The molecule has 4 rings (SSSR count). The number of nitriles is 1. The van der Waals surface area contributed by atoms with Gasteiger partial charge in [-0.25, -0.2) is 0 Å². The van der Waals surface area contributed by atoms with Crippen molar-refractivity contribution in [2.45, 2.75) is 13.5 Å².